The van der Waals surface area contributed by atoms with Crippen LogP contribution in [0.25, 0.3) is 22.5 Å². The molecule has 0 aliphatic rings. The Bertz CT molecular complexity index is 1890. The lowest BCUT2D eigenvalue weighted by Crippen LogP contribution is -2.17. The summed E-state index contributed by atoms with van der Waals surface area (Å²) >= 11 is 0. The number of halogens is 6. The highest BCUT2D eigenvalue weighted by Gasteiger charge is 2.32. The van der Waals surface area contributed by atoms with E-state index in [1.54, 1.807) is 48.5 Å². The van der Waals surface area contributed by atoms with Gasteiger partial charge in [0, 0.05) is 23.3 Å². The van der Waals surface area contributed by atoms with Crippen LogP contribution in [-0.2, 0) is 0 Å². The number of nitrogens with zero attached hydrogens (tertiary/aromatic N) is 6. The summed E-state index contributed by atoms with van der Waals surface area (Å²) < 4.78 is 92.7. The predicted octanol–water partition coefficient (Wildman–Crippen LogP) is 7.62. The molecule has 0 spiro atoms. The zero-order chi connectivity index (χ0) is 35.7. The van der Waals surface area contributed by atoms with Gasteiger partial charge in [0.1, 0.15) is 34.4 Å². The number of nitrogens with two attached hydrogens (primary N) is 2. The lowest BCUT2D eigenvalue weighted by atomic mass is 10.1. The van der Waals surface area contributed by atoms with E-state index in [0.717, 1.165) is 24.3 Å². The predicted molar refractivity (Wildman–Crippen MR) is 166 cm³/mol. The second-order valence-electron chi connectivity index (χ2n) is 9.63. The standard InChI is InChI=1S/2C16H11F3N4O2/c2*17-16(18,19)25-12-8-4-7-11(9-12)24-14-13(21-15(20)23-22-14)10-5-2-1-3-6-10/h2*1-9H,(H2,20,21,23). The first-order valence-electron chi connectivity index (χ1n) is 14.0. The Morgan fingerprint density at radius 3 is 1.16 bits per heavy atom. The van der Waals surface area contributed by atoms with E-state index in [1.165, 1.54) is 24.3 Å². The lowest BCUT2D eigenvalue weighted by Gasteiger charge is -2.12. The molecule has 0 unspecified atom stereocenters. The van der Waals surface area contributed by atoms with Crippen molar-refractivity contribution < 1.29 is 45.3 Å². The van der Waals surface area contributed by atoms with Gasteiger partial charge in [-0.1, -0.05) is 72.8 Å². The second kappa shape index (κ2) is 15.0. The van der Waals surface area contributed by atoms with E-state index in [-0.39, 0.29) is 35.2 Å². The van der Waals surface area contributed by atoms with Crippen molar-refractivity contribution in [3.63, 3.8) is 0 Å². The molecule has 2 heterocycles. The van der Waals surface area contributed by atoms with Crippen LogP contribution in [-0.4, -0.2) is 43.1 Å². The van der Waals surface area contributed by atoms with Crippen molar-refractivity contribution in [3.8, 4) is 57.3 Å². The molecule has 0 aliphatic carbocycles. The number of anilines is 2. The Hall–Kier alpha value is -6.72. The minimum atomic E-state index is -4.80. The summed E-state index contributed by atoms with van der Waals surface area (Å²) in [4.78, 5) is 8.18. The molecule has 0 saturated carbocycles. The van der Waals surface area contributed by atoms with Crippen LogP contribution in [0.4, 0.5) is 38.2 Å². The molecule has 6 aromatic rings. The number of hydrogen-bond acceptors (Lipinski definition) is 12. The van der Waals surface area contributed by atoms with Gasteiger partial charge in [-0.3, -0.25) is 0 Å². The first-order valence-corrected chi connectivity index (χ1v) is 14.0. The SMILES string of the molecule is Nc1nnc(Oc2cccc(OC(F)(F)F)c2)c(-c2ccccc2)n1.Nc1nnc(Oc2cccc(OC(F)(F)F)c2)c(-c2ccccc2)n1. The molecule has 4 aromatic carbocycles. The molecule has 0 amide bonds. The van der Waals surface area contributed by atoms with Gasteiger partial charge < -0.3 is 30.4 Å². The highest BCUT2D eigenvalue weighted by molar-refractivity contribution is 5.66. The molecule has 50 heavy (non-hydrogen) atoms. The Labute approximate surface area is 278 Å². The van der Waals surface area contributed by atoms with Crippen molar-refractivity contribution in [2.24, 2.45) is 0 Å². The van der Waals surface area contributed by atoms with Crippen LogP contribution >= 0.6 is 0 Å². The molecule has 0 radical (unpaired) electrons. The molecule has 4 N–H and O–H groups in total. The van der Waals surface area contributed by atoms with Crippen molar-refractivity contribution >= 4 is 11.9 Å². The quantitative estimate of drug-likeness (QED) is 0.150. The number of alkyl halides is 6. The van der Waals surface area contributed by atoms with Gasteiger partial charge in [0.2, 0.25) is 11.9 Å². The molecule has 12 nitrogen and oxygen atoms in total. The van der Waals surface area contributed by atoms with E-state index in [9.17, 15) is 26.3 Å². The summed E-state index contributed by atoms with van der Waals surface area (Å²) in [6, 6.07) is 27.9. The molecule has 0 bridgehead atoms. The summed E-state index contributed by atoms with van der Waals surface area (Å²) in [7, 11) is 0. The van der Waals surface area contributed by atoms with E-state index in [0.29, 0.717) is 22.5 Å². The van der Waals surface area contributed by atoms with Gasteiger partial charge >= 0.3 is 12.7 Å². The van der Waals surface area contributed by atoms with E-state index >= 15 is 0 Å². The van der Waals surface area contributed by atoms with Gasteiger partial charge in [-0.25, -0.2) is 9.97 Å². The van der Waals surface area contributed by atoms with Crippen molar-refractivity contribution in [1.82, 2.24) is 30.4 Å². The van der Waals surface area contributed by atoms with E-state index < -0.39 is 24.2 Å². The van der Waals surface area contributed by atoms with Crippen LogP contribution in [0.5, 0.6) is 34.8 Å². The summed E-state index contributed by atoms with van der Waals surface area (Å²) in [6.07, 6.45) is -9.59. The smallest absolute Gasteiger partial charge is 0.436 e. The van der Waals surface area contributed by atoms with Gasteiger partial charge in [-0.15, -0.1) is 46.7 Å². The molecule has 2 aromatic heterocycles. The Balaban J connectivity index is 0.000000194. The number of nitrogen functional groups attached to an aromatic ring is 2. The van der Waals surface area contributed by atoms with Crippen LogP contribution in [0.2, 0.25) is 0 Å². The summed E-state index contributed by atoms with van der Waals surface area (Å²) in [5.74, 6) is -0.764. The van der Waals surface area contributed by atoms with Crippen LogP contribution < -0.4 is 30.4 Å². The Morgan fingerprint density at radius 2 is 0.800 bits per heavy atom. The van der Waals surface area contributed by atoms with Crippen LogP contribution in [0.1, 0.15) is 0 Å². The van der Waals surface area contributed by atoms with E-state index in [4.69, 9.17) is 20.9 Å². The highest BCUT2D eigenvalue weighted by Crippen LogP contribution is 2.34. The van der Waals surface area contributed by atoms with Crippen LogP contribution in [0, 0.1) is 0 Å². The third-order valence-corrected chi connectivity index (χ3v) is 5.95. The average Bonchev–Trinajstić information content (AvgIpc) is 3.06. The zero-order valence-electron chi connectivity index (χ0n) is 25.1. The molecule has 0 aliphatic heterocycles. The average molecular weight is 697 g/mol. The van der Waals surface area contributed by atoms with Crippen molar-refractivity contribution in [2.75, 3.05) is 11.5 Å². The summed E-state index contributed by atoms with van der Waals surface area (Å²) in [6.45, 7) is 0. The third-order valence-electron chi connectivity index (χ3n) is 5.95. The van der Waals surface area contributed by atoms with Gasteiger partial charge in [0.15, 0.2) is 0 Å². The normalized spacial score (nSPS) is 11.2. The molecule has 6 rings (SSSR count). The van der Waals surface area contributed by atoms with E-state index in [2.05, 4.69) is 39.8 Å². The van der Waals surface area contributed by atoms with Crippen LogP contribution in [0.15, 0.2) is 109 Å². The highest BCUT2D eigenvalue weighted by atomic mass is 19.4. The van der Waals surface area contributed by atoms with Gasteiger partial charge in [0.25, 0.3) is 11.8 Å². The Morgan fingerprint density at radius 1 is 0.440 bits per heavy atom. The number of ether oxygens (including phenoxy) is 4. The maximum absolute atomic E-state index is 12.3. The fourth-order valence-electron chi connectivity index (χ4n) is 4.06. The monoisotopic (exact) mass is 696 g/mol. The minimum Gasteiger partial charge on any atom is -0.436 e. The summed E-state index contributed by atoms with van der Waals surface area (Å²) in [5, 5.41) is 14.9. The molecular weight excluding hydrogens is 674 g/mol. The topological polar surface area (TPSA) is 166 Å². The molecule has 0 atom stereocenters. The fourth-order valence-corrected chi connectivity index (χ4v) is 4.06. The van der Waals surface area contributed by atoms with Crippen molar-refractivity contribution in [3.05, 3.63) is 109 Å². The molecule has 0 fully saturated rings. The maximum atomic E-state index is 12.3. The number of benzene rings is 4. The first kappa shape index (κ1) is 34.6. The van der Waals surface area contributed by atoms with Gasteiger partial charge in [-0.05, 0) is 24.3 Å². The lowest BCUT2D eigenvalue weighted by molar-refractivity contribution is -0.275. The third kappa shape index (κ3) is 10.1. The number of rotatable bonds is 8. The number of hydrogen-bond donors (Lipinski definition) is 2. The second-order valence-corrected chi connectivity index (χ2v) is 9.63. The maximum Gasteiger partial charge on any atom is 0.573 e. The minimum absolute atomic E-state index is 0.00422. The summed E-state index contributed by atoms with van der Waals surface area (Å²) in [5.41, 5.74) is 13.1. The van der Waals surface area contributed by atoms with Crippen molar-refractivity contribution in [1.29, 1.82) is 0 Å². The van der Waals surface area contributed by atoms with Crippen molar-refractivity contribution in [2.45, 2.75) is 12.7 Å². The van der Waals surface area contributed by atoms with Gasteiger partial charge in [-0.2, -0.15) is 0 Å². The largest absolute Gasteiger partial charge is 0.573 e. The molecular formula is C32H22F6N8O4. The molecule has 0 saturated heterocycles. The first-order chi connectivity index (χ1) is 23.8. The zero-order valence-corrected chi connectivity index (χ0v) is 25.1. The van der Waals surface area contributed by atoms with E-state index in [1.807, 2.05) is 12.1 Å². The van der Waals surface area contributed by atoms with Gasteiger partial charge in [0.05, 0.1) is 0 Å². The number of aromatic nitrogens is 6. The fraction of sp³-hybridized carbons (Fsp3) is 0.0625. The van der Waals surface area contributed by atoms with Crippen LogP contribution in [0.3, 0.4) is 0 Å². The Kier molecular flexibility index (Phi) is 10.4. The molecule has 18 heteroatoms. The molecule has 256 valence electrons.